The van der Waals surface area contributed by atoms with Gasteiger partial charge in [-0.15, -0.1) is 0 Å². The van der Waals surface area contributed by atoms with Crippen molar-refractivity contribution >= 4 is 15.6 Å². The number of hydrogen-bond acceptors (Lipinski definition) is 5. The minimum Gasteiger partial charge on any atom is -0.457 e. The molecule has 0 aliphatic rings. The van der Waals surface area contributed by atoms with Gasteiger partial charge in [0.2, 0.25) is 0 Å². The molecule has 5 aromatic carbocycles. The van der Waals surface area contributed by atoms with E-state index in [4.69, 9.17) is 29.0 Å². The van der Waals surface area contributed by atoms with Crippen molar-refractivity contribution in [2.45, 2.75) is 6.92 Å². The smallest absolute Gasteiger partial charge is 0.457 e. The molecule has 0 saturated heterocycles. The van der Waals surface area contributed by atoms with E-state index in [2.05, 4.69) is 53.7 Å². The highest BCUT2D eigenvalue weighted by molar-refractivity contribution is 7.60. The van der Waals surface area contributed by atoms with E-state index >= 15 is 0 Å². The van der Waals surface area contributed by atoms with Crippen molar-refractivity contribution in [1.29, 1.82) is 0 Å². The Morgan fingerprint density at radius 3 is 1.48 bits per heavy atom. The van der Waals surface area contributed by atoms with Crippen molar-refractivity contribution in [3.8, 4) is 45.3 Å². The van der Waals surface area contributed by atoms with E-state index in [9.17, 15) is 9.13 Å². The van der Waals surface area contributed by atoms with Crippen LogP contribution in [0.1, 0.15) is 5.56 Å². The topological polar surface area (TPSA) is 143 Å². The summed E-state index contributed by atoms with van der Waals surface area (Å²) < 4.78 is 35.2. The summed E-state index contributed by atoms with van der Waals surface area (Å²) in [6.07, 6.45) is 0. The lowest BCUT2D eigenvalue weighted by molar-refractivity contribution is 0.225. The third-order valence-corrected chi connectivity index (χ3v) is 7.39. The standard InChI is InChI=1S/C31H24O2.H4O7P2/c1-23-17-19-24(20-18-23)28-21-22-29(32-26-13-7-3-8-14-26)30(25-11-5-2-6-12-25)31(28)33-27-15-9-4-10-16-27;1-8(2,3)7-9(4,5)6/h2-22H,1H3;(H2,1,2,3)(H2,4,5,6). The van der Waals surface area contributed by atoms with E-state index in [0.29, 0.717) is 0 Å². The highest BCUT2D eigenvalue weighted by Crippen LogP contribution is 2.54. The van der Waals surface area contributed by atoms with Gasteiger partial charge in [-0.1, -0.05) is 96.6 Å². The predicted molar refractivity (Wildman–Crippen MR) is 160 cm³/mol. The second kappa shape index (κ2) is 13.7. The van der Waals surface area contributed by atoms with E-state index in [0.717, 1.165) is 45.3 Å². The molecule has 0 aliphatic carbocycles. The van der Waals surface area contributed by atoms with Crippen LogP contribution in [0.3, 0.4) is 0 Å². The highest BCUT2D eigenvalue weighted by Gasteiger charge is 2.28. The molecule has 4 N–H and O–H groups in total. The number of hydrogen-bond donors (Lipinski definition) is 4. The van der Waals surface area contributed by atoms with Crippen LogP contribution in [0.2, 0.25) is 0 Å². The van der Waals surface area contributed by atoms with Crippen LogP contribution in [0.25, 0.3) is 22.3 Å². The zero-order valence-corrected chi connectivity index (χ0v) is 24.1. The molecule has 11 heteroatoms. The van der Waals surface area contributed by atoms with E-state index in [1.54, 1.807) is 0 Å². The molecule has 0 aliphatic heterocycles. The Morgan fingerprint density at radius 1 is 0.524 bits per heavy atom. The Hall–Kier alpha value is -4.04. The van der Waals surface area contributed by atoms with Crippen molar-refractivity contribution in [3.05, 3.63) is 133 Å². The summed E-state index contributed by atoms with van der Waals surface area (Å²) in [4.78, 5) is 31.0. The molecule has 0 atom stereocenters. The monoisotopic (exact) mass is 606 g/mol. The van der Waals surface area contributed by atoms with Gasteiger partial charge in [-0.2, -0.15) is 4.31 Å². The van der Waals surface area contributed by atoms with E-state index in [1.165, 1.54) is 5.56 Å². The van der Waals surface area contributed by atoms with Gasteiger partial charge in [0.1, 0.15) is 23.0 Å². The molecule has 0 bridgehead atoms. The molecule has 0 radical (unpaired) electrons. The number of ether oxygens (including phenoxy) is 2. The zero-order chi connectivity index (χ0) is 30.2. The average molecular weight is 607 g/mol. The fraction of sp³-hybridized carbons (Fsp3) is 0.0323. The molecule has 0 heterocycles. The molecule has 0 saturated carbocycles. The largest absolute Gasteiger partial charge is 0.478 e. The van der Waals surface area contributed by atoms with E-state index < -0.39 is 15.6 Å². The average Bonchev–Trinajstić information content (AvgIpc) is 2.94. The Kier molecular flexibility index (Phi) is 10.1. The summed E-state index contributed by atoms with van der Waals surface area (Å²) in [6.45, 7) is 2.09. The summed E-state index contributed by atoms with van der Waals surface area (Å²) in [6, 6.07) is 42.6. The van der Waals surface area contributed by atoms with Gasteiger partial charge in [0.05, 0.1) is 5.56 Å². The van der Waals surface area contributed by atoms with Crippen molar-refractivity contribution in [2.24, 2.45) is 0 Å². The Balaban J connectivity index is 0.000000392. The number of phosphoric acid groups is 2. The number of rotatable bonds is 8. The molecular formula is C31H28O9P2. The maximum absolute atomic E-state index is 9.63. The first-order valence-electron chi connectivity index (χ1n) is 12.6. The summed E-state index contributed by atoms with van der Waals surface area (Å²) >= 11 is 0. The van der Waals surface area contributed by atoms with Gasteiger partial charge in [-0.3, -0.25) is 0 Å². The fourth-order valence-electron chi connectivity index (χ4n) is 3.95. The molecule has 0 amide bonds. The van der Waals surface area contributed by atoms with Crippen molar-refractivity contribution in [3.63, 3.8) is 0 Å². The highest BCUT2D eigenvalue weighted by atomic mass is 31.3. The van der Waals surface area contributed by atoms with Crippen molar-refractivity contribution in [1.82, 2.24) is 0 Å². The lowest BCUT2D eigenvalue weighted by atomic mass is 9.95. The van der Waals surface area contributed by atoms with Gasteiger partial charge in [0.15, 0.2) is 0 Å². The first-order chi connectivity index (χ1) is 20.0. The van der Waals surface area contributed by atoms with Crippen LogP contribution in [0.4, 0.5) is 0 Å². The third kappa shape index (κ3) is 9.24. The summed E-state index contributed by atoms with van der Waals surface area (Å²) in [7, 11) is -10.1. The molecule has 5 rings (SSSR count). The van der Waals surface area contributed by atoms with Gasteiger partial charge in [-0.05, 0) is 54.4 Å². The molecule has 5 aromatic rings. The fourth-order valence-corrected chi connectivity index (χ4v) is 5.06. The second-order valence-corrected chi connectivity index (χ2v) is 11.6. The first kappa shape index (κ1) is 30.9. The minimum atomic E-state index is -5.05. The summed E-state index contributed by atoms with van der Waals surface area (Å²) in [5.41, 5.74) is 5.27. The SMILES string of the molecule is Cc1ccc(-c2ccc(Oc3ccccc3)c(-c3ccccc3)c2Oc2ccccc2)cc1.O=P(O)(O)OP(=O)(O)O. The van der Waals surface area contributed by atoms with Crippen molar-refractivity contribution in [2.75, 3.05) is 0 Å². The quantitative estimate of drug-likeness (QED) is 0.129. The van der Waals surface area contributed by atoms with Crippen LogP contribution in [-0.4, -0.2) is 19.6 Å². The van der Waals surface area contributed by atoms with Gasteiger partial charge in [0.25, 0.3) is 0 Å². The summed E-state index contributed by atoms with van der Waals surface area (Å²) in [5.74, 6) is 3.07. The van der Waals surface area contributed by atoms with Crippen LogP contribution in [0.5, 0.6) is 23.0 Å². The second-order valence-electron chi connectivity index (χ2n) is 8.94. The molecule has 0 fully saturated rings. The molecule has 42 heavy (non-hydrogen) atoms. The van der Waals surface area contributed by atoms with E-state index in [1.807, 2.05) is 84.9 Å². The maximum Gasteiger partial charge on any atom is 0.478 e. The Bertz CT molecular complexity index is 1660. The molecule has 0 unspecified atom stereocenters. The number of benzene rings is 5. The predicted octanol–water partition coefficient (Wildman–Crippen LogP) is 8.10. The first-order valence-corrected chi connectivity index (χ1v) is 15.6. The molecule has 0 aromatic heterocycles. The minimum absolute atomic E-state index is 0.745. The van der Waals surface area contributed by atoms with E-state index in [-0.39, 0.29) is 0 Å². The molecule has 9 nitrogen and oxygen atoms in total. The normalized spacial score (nSPS) is 11.3. The van der Waals surface area contributed by atoms with Gasteiger partial charge in [-0.25, -0.2) is 9.13 Å². The third-order valence-electron chi connectivity index (χ3n) is 5.69. The molecule has 0 spiro atoms. The van der Waals surface area contributed by atoms with Crippen LogP contribution < -0.4 is 9.47 Å². The zero-order valence-electron chi connectivity index (χ0n) is 22.3. The molecule has 216 valence electrons. The lowest BCUT2D eigenvalue weighted by Gasteiger charge is -2.20. The lowest BCUT2D eigenvalue weighted by Crippen LogP contribution is -1.96. The summed E-state index contributed by atoms with van der Waals surface area (Å²) in [5, 5.41) is 0. The number of para-hydroxylation sites is 2. The van der Waals surface area contributed by atoms with Crippen molar-refractivity contribution < 1.29 is 42.5 Å². The Morgan fingerprint density at radius 2 is 1.00 bits per heavy atom. The van der Waals surface area contributed by atoms with Crippen LogP contribution in [0, 0.1) is 6.92 Å². The van der Waals surface area contributed by atoms with Gasteiger partial charge in [0, 0.05) is 5.56 Å². The number of aryl methyl sites for hydroxylation is 1. The maximum atomic E-state index is 9.63. The Labute approximate surface area is 243 Å². The van der Waals surface area contributed by atoms with Gasteiger partial charge < -0.3 is 29.0 Å². The van der Waals surface area contributed by atoms with Crippen LogP contribution in [-0.2, 0) is 13.4 Å². The molecular weight excluding hydrogens is 578 g/mol. The van der Waals surface area contributed by atoms with Crippen LogP contribution >= 0.6 is 15.6 Å². The van der Waals surface area contributed by atoms with Gasteiger partial charge >= 0.3 is 15.6 Å². The van der Waals surface area contributed by atoms with Crippen LogP contribution in [0.15, 0.2) is 127 Å².